The molecule has 1 aliphatic carbocycles. The number of benzene rings is 1. The predicted octanol–water partition coefficient (Wildman–Crippen LogP) is 3.58. The molecule has 0 saturated heterocycles. The number of aryl methyl sites for hydroxylation is 1. The fraction of sp³-hybridized carbons (Fsp3) is 0.471. The van der Waals surface area contributed by atoms with E-state index >= 15 is 0 Å². The number of rotatable bonds is 4. The first-order chi connectivity index (χ1) is 10.3. The Morgan fingerprint density at radius 1 is 1.24 bits per heavy atom. The number of aromatic nitrogens is 1. The highest BCUT2D eigenvalue weighted by Crippen LogP contribution is 2.27. The molecule has 0 bridgehead atoms. The zero-order valence-corrected chi connectivity index (χ0v) is 12.5. The van der Waals surface area contributed by atoms with E-state index in [-0.39, 0.29) is 0 Å². The van der Waals surface area contributed by atoms with Gasteiger partial charge in [-0.2, -0.15) is 0 Å². The van der Waals surface area contributed by atoms with E-state index in [4.69, 9.17) is 10.2 Å². The molecule has 2 atom stereocenters. The minimum Gasteiger partial charge on any atom is -0.449 e. The smallest absolute Gasteiger partial charge is 0.191 e. The van der Waals surface area contributed by atoms with E-state index in [1.54, 1.807) is 6.26 Å². The number of hydrogen-bond acceptors (Lipinski definition) is 4. The SMILES string of the molecule is Cc1nc(-c2ccc(NC3CCCCC3CN)cc2)co1. The fourth-order valence-electron chi connectivity index (χ4n) is 3.13. The second kappa shape index (κ2) is 6.31. The van der Waals surface area contributed by atoms with Crippen molar-refractivity contribution in [3.8, 4) is 11.3 Å². The number of oxazole rings is 1. The lowest BCUT2D eigenvalue weighted by atomic mass is 9.84. The number of nitrogens with zero attached hydrogens (tertiary/aromatic N) is 1. The van der Waals surface area contributed by atoms with Crippen molar-refractivity contribution in [1.82, 2.24) is 4.98 Å². The molecule has 2 unspecified atom stereocenters. The van der Waals surface area contributed by atoms with Crippen LogP contribution in [0.15, 0.2) is 34.9 Å². The third-order valence-electron chi connectivity index (χ3n) is 4.36. The Hall–Kier alpha value is -1.81. The molecule has 21 heavy (non-hydrogen) atoms. The fourth-order valence-corrected chi connectivity index (χ4v) is 3.13. The topological polar surface area (TPSA) is 64.1 Å². The summed E-state index contributed by atoms with van der Waals surface area (Å²) in [6.45, 7) is 2.63. The van der Waals surface area contributed by atoms with Crippen molar-refractivity contribution < 1.29 is 4.42 Å². The van der Waals surface area contributed by atoms with Gasteiger partial charge in [0.25, 0.3) is 0 Å². The molecule has 1 heterocycles. The number of anilines is 1. The molecule has 112 valence electrons. The van der Waals surface area contributed by atoms with E-state index in [0.717, 1.165) is 23.5 Å². The largest absolute Gasteiger partial charge is 0.449 e. The minimum atomic E-state index is 0.504. The Kier molecular flexibility index (Phi) is 4.25. The molecule has 0 aliphatic heterocycles. The van der Waals surface area contributed by atoms with Crippen LogP contribution in [0.1, 0.15) is 31.6 Å². The van der Waals surface area contributed by atoms with Crippen molar-refractivity contribution in [3.05, 3.63) is 36.4 Å². The minimum absolute atomic E-state index is 0.504. The first kappa shape index (κ1) is 14.1. The van der Waals surface area contributed by atoms with Gasteiger partial charge in [-0.3, -0.25) is 0 Å². The summed E-state index contributed by atoms with van der Waals surface area (Å²) in [7, 11) is 0. The van der Waals surface area contributed by atoms with E-state index in [0.29, 0.717) is 17.9 Å². The van der Waals surface area contributed by atoms with Crippen LogP contribution in [-0.4, -0.2) is 17.6 Å². The van der Waals surface area contributed by atoms with Crippen LogP contribution in [0.2, 0.25) is 0 Å². The van der Waals surface area contributed by atoms with E-state index < -0.39 is 0 Å². The standard InChI is InChI=1S/C17H23N3O/c1-12-19-17(11-21-12)13-6-8-15(9-7-13)20-16-5-3-2-4-14(16)10-18/h6-9,11,14,16,20H,2-5,10,18H2,1H3. The molecule has 3 N–H and O–H groups in total. The highest BCUT2D eigenvalue weighted by molar-refractivity contribution is 5.62. The Morgan fingerprint density at radius 3 is 2.67 bits per heavy atom. The molecule has 3 rings (SSSR count). The second-order valence-electron chi connectivity index (χ2n) is 5.86. The normalized spacial score (nSPS) is 22.2. The van der Waals surface area contributed by atoms with Crippen LogP contribution in [0.5, 0.6) is 0 Å². The Morgan fingerprint density at radius 2 is 2.00 bits per heavy atom. The number of nitrogens with two attached hydrogens (primary N) is 1. The van der Waals surface area contributed by atoms with Gasteiger partial charge in [0, 0.05) is 24.2 Å². The van der Waals surface area contributed by atoms with Gasteiger partial charge in [-0.1, -0.05) is 25.0 Å². The summed E-state index contributed by atoms with van der Waals surface area (Å²) in [4.78, 5) is 4.35. The highest BCUT2D eigenvalue weighted by Gasteiger charge is 2.23. The van der Waals surface area contributed by atoms with E-state index in [9.17, 15) is 0 Å². The third kappa shape index (κ3) is 3.27. The van der Waals surface area contributed by atoms with Gasteiger partial charge in [-0.25, -0.2) is 4.98 Å². The van der Waals surface area contributed by atoms with Crippen LogP contribution in [0, 0.1) is 12.8 Å². The van der Waals surface area contributed by atoms with Gasteiger partial charge in [-0.15, -0.1) is 0 Å². The number of nitrogens with one attached hydrogen (secondary N) is 1. The number of hydrogen-bond donors (Lipinski definition) is 2. The van der Waals surface area contributed by atoms with Crippen molar-refractivity contribution in [1.29, 1.82) is 0 Å². The van der Waals surface area contributed by atoms with Crippen LogP contribution in [0.3, 0.4) is 0 Å². The average molecular weight is 285 g/mol. The van der Waals surface area contributed by atoms with Gasteiger partial charge in [0.05, 0.1) is 0 Å². The van der Waals surface area contributed by atoms with Crippen molar-refractivity contribution in [2.45, 2.75) is 38.6 Å². The highest BCUT2D eigenvalue weighted by atomic mass is 16.3. The molecule has 0 spiro atoms. The van der Waals surface area contributed by atoms with Crippen molar-refractivity contribution in [3.63, 3.8) is 0 Å². The molecule has 2 aromatic rings. The van der Waals surface area contributed by atoms with Crippen LogP contribution < -0.4 is 11.1 Å². The second-order valence-corrected chi connectivity index (χ2v) is 5.86. The van der Waals surface area contributed by atoms with Gasteiger partial charge in [0.15, 0.2) is 5.89 Å². The van der Waals surface area contributed by atoms with Gasteiger partial charge in [0.1, 0.15) is 12.0 Å². The Labute approximate surface area is 125 Å². The van der Waals surface area contributed by atoms with Crippen molar-refractivity contribution >= 4 is 5.69 Å². The summed E-state index contributed by atoms with van der Waals surface area (Å²) in [6.07, 6.45) is 6.76. The zero-order valence-electron chi connectivity index (χ0n) is 12.5. The first-order valence-electron chi connectivity index (χ1n) is 7.75. The summed E-state index contributed by atoms with van der Waals surface area (Å²) < 4.78 is 5.26. The maximum atomic E-state index is 5.89. The Bertz CT molecular complexity index is 576. The Balaban J connectivity index is 1.69. The first-order valence-corrected chi connectivity index (χ1v) is 7.75. The molecular formula is C17H23N3O. The van der Waals surface area contributed by atoms with Crippen molar-refractivity contribution in [2.75, 3.05) is 11.9 Å². The van der Waals surface area contributed by atoms with E-state index in [2.05, 4.69) is 34.6 Å². The molecule has 0 amide bonds. The van der Waals surface area contributed by atoms with Gasteiger partial charge in [-0.05, 0) is 37.4 Å². The lowest BCUT2D eigenvalue weighted by Crippen LogP contribution is -2.36. The molecular weight excluding hydrogens is 262 g/mol. The predicted molar refractivity (Wildman–Crippen MR) is 85.1 cm³/mol. The average Bonchev–Trinajstić information content (AvgIpc) is 2.95. The van der Waals surface area contributed by atoms with Crippen LogP contribution in [0.25, 0.3) is 11.3 Å². The van der Waals surface area contributed by atoms with Gasteiger partial charge in [0.2, 0.25) is 0 Å². The summed E-state index contributed by atoms with van der Waals surface area (Å²) in [5.74, 6) is 1.29. The zero-order chi connectivity index (χ0) is 14.7. The molecule has 1 aliphatic rings. The van der Waals surface area contributed by atoms with E-state index in [1.165, 1.54) is 25.7 Å². The third-order valence-corrected chi connectivity index (χ3v) is 4.36. The lowest BCUT2D eigenvalue weighted by Gasteiger charge is -2.32. The quantitative estimate of drug-likeness (QED) is 0.901. The molecule has 4 nitrogen and oxygen atoms in total. The van der Waals surface area contributed by atoms with E-state index in [1.807, 2.05) is 6.92 Å². The maximum absolute atomic E-state index is 5.89. The summed E-state index contributed by atoms with van der Waals surface area (Å²) in [5, 5.41) is 3.64. The van der Waals surface area contributed by atoms with Crippen LogP contribution in [0.4, 0.5) is 5.69 Å². The van der Waals surface area contributed by atoms with Gasteiger partial charge >= 0.3 is 0 Å². The van der Waals surface area contributed by atoms with Crippen molar-refractivity contribution in [2.24, 2.45) is 11.7 Å². The van der Waals surface area contributed by atoms with Crippen LogP contribution >= 0.6 is 0 Å². The van der Waals surface area contributed by atoms with Crippen LogP contribution in [-0.2, 0) is 0 Å². The maximum Gasteiger partial charge on any atom is 0.191 e. The molecule has 1 saturated carbocycles. The lowest BCUT2D eigenvalue weighted by molar-refractivity contribution is 0.332. The van der Waals surface area contributed by atoms with Gasteiger partial charge < -0.3 is 15.5 Å². The summed E-state index contributed by atoms with van der Waals surface area (Å²) in [5.41, 5.74) is 9.01. The monoisotopic (exact) mass is 285 g/mol. The molecule has 1 aromatic heterocycles. The molecule has 0 radical (unpaired) electrons. The molecule has 1 fully saturated rings. The molecule has 1 aromatic carbocycles. The molecule has 4 heteroatoms. The summed E-state index contributed by atoms with van der Waals surface area (Å²) in [6, 6.07) is 8.90. The summed E-state index contributed by atoms with van der Waals surface area (Å²) >= 11 is 0.